The number of rotatable bonds is 24. The van der Waals surface area contributed by atoms with Gasteiger partial charge in [0, 0.05) is 12.1 Å². The third-order valence-electron chi connectivity index (χ3n) is 9.89. The molecule has 0 atom stereocenters. The highest BCUT2D eigenvalue weighted by Crippen LogP contribution is 2.55. The maximum Gasteiger partial charge on any atom is 0.317 e. The maximum atomic E-state index is 12.9. The fourth-order valence-corrected chi connectivity index (χ4v) is 8.32. The van der Waals surface area contributed by atoms with Crippen molar-refractivity contribution in [1.29, 1.82) is 0 Å². The number of nitrogens with one attached hydrogen (secondary N) is 2. The molecule has 4 bridgehead atoms. The summed E-state index contributed by atoms with van der Waals surface area (Å²) in [7, 11) is 0. The molecule has 0 heterocycles. The number of carboxylic acids is 1. The van der Waals surface area contributed by atoms with Crippen LogP contribution in [0.3, 0.4) is 0 Å². The Morgan fingerprint density at radius 1 is 0.634 bits per heavy atom. The molecule has 0 aromatic rings. The van der Waals surface area contributed by atoms with Gasteiger partial charge >= 0.3 is 5.97 Å². The summed E-state index contributed by atoms with van der Waals surface area (Å²) < 4.78 is 0. The van der Waals surface area contributed by atoms with Crippen LogP contribution in [0.1, 0.15) is 148 Å². The molecule has 4 saturated carbocycles. The first kappa shape index (κ1) is 33.9. The molecule has 0 spiro atoms. The van der Waals surface area contributed by atoms with Crippen LogP contribution < -0.4 is 10.6 Å². The van der Waals surface area contributed by atoms with Gasteiger partial charge in [-0.15, -0.1) is 0 Å². The fraction of sp³-hybridized carbons (Fsp3) is 0.912. The van der Waals surface area contributed by atoms with Crippen molar-refractivity contribution in [3.63, 3.8) is 0 Å². The van der Waals surface area contributed by atoms with E-state index >= 15 is 0 Å². The zero-order chi connectivity index (χ0) is 29.3. The molecule has 2 amide bonds. The number of hydrogen-bond acceptors (Lipinski definition) is 4. The van der Waals surface area contributed by atoms with E-state index < -0.39 is 5.97 Å². The van der Waals surface area contributed by atoms with Crippen LogP contribution in [-0.4, -0.2) is 59.5 Å². The van der Waals surface area contributed by atoms with Gasteiger partial charge in [0.2, 0.25) is 11.8 Å². The van der Waals surface area contributed by atoms with Crippen molar-refractivity contribution in [2.45, 2.75) is 154 Å². The Morgan fingerprint density at radius 2 is 1.05 bits per heavy atom. The molecule has 4 aliphatic carbocycles. The normalized spacial score (nSPS) is 24.6. The maximum absolute atomic E-state index is 12.9. The van der Waals surface area contributed by atoms with E-state index in [4.69, 9.17) is 0 Å². The van der Waals surface area contributed by atoms with Gasteiger partial charge in [-0.2, -0.15) is 0 Å². The van der Waals surface area contributed by atoms with Crippen molar-refractivity contribution in [1.82, 2.24) is 15.5 Å². The molecule has 0 aliphatic heterocycles. The van der Waals surface area contributed by atoms with Gasteiger partial charge in [-0.05, 0) is 62.7 Å². The molecule has 7 nitrogen and oxygen atoms in total. The number of carboxylic acid groups (broad SMARTS) is 1. The first-order valence-electron chi connectivity index (χ1n) is 17.4. The van der Waals surface area contributed by atoms with Crippen LogP contribution in [0.4, 0.5) is 0 Å². The number of carbonyl (C=O) groups excluding carboxylic acids is 2. The summed E-state index contributed by atoms with van der Waals surface area (Å²) in [6.45, 7) is 2.48. The Kier molecular flexibility index (Phi) is 15.5. The number of nitrogens with zero attached hydrogens (tertiary/aromatic N) is 1. The molecule has 236 valence electrons. The van der Waals surface area contributed by atoms with Crippen molar-refractivity contribution in [3.05, 3.63) is 0 Å². The van der Waals surface area contributed by atoms with Crippen molar-refractivity contribution < 1.29 is 19.5 Å². The Balaban J connectivity index is 1.17. The van der Waals surface area contributed by atoms with Crippen LogP contribution in [0.5, 0.6) is 0 Å². The van der Waals surface area contributed by atoms with Crippen molar-refractivity contribution in [3.8, 4) is 0 Å². The minimum Gasteiger partial charge on any atom is -0.480 e. The largest absolute Gasteiger partial charge is 0.480 e. The van der Waals surface area contributed by atoms with Crippen molar-refractivity contribution in [2.75, 3.05) is 26.2 Å². The highest BCUT2D eigenvalue weighted by molar-refractivity contribution is 5.82. The third-order valence-corrected chi connectivity index (χ3v) is 9.89. The monoisotopic (exact) mass is 575 g/mol. The predicted molar refractivity (Wildman–Crippen MR) is 166 cm³/mol. The highest BCUT2D eigenvalue weighted by Gasteiger charge is 2.51. The molecule has 4 rings (SSSR count). The van der Waals surface area contributed by atoms with Gasteiger partial charge in [-0.3, -0.25) is 19.3 Å². The zero-order valence-corrected chi connectivity index (χ0v) is 26.2. The standard InChI is InChI=1S/C34H61N3O4/c1-2-3-4-5-6-7-8-9-10-11-12-13-14-15-16-17-18-35-31(38)25-37(27-33(40)41)26-32(39)36-34-22-28-19-29(23-34)21-30(20-28)24-34/h28-30H,2-27H2,1H3,(H,35,38)(H,36,39)(H,40,41). The van der Waals surface area contributed by atoms with Gasteiger partial charge in [-0.25, -0.2) is 0 Å². The van der Waals surface area contributed by atoms with Gasteiger partial charge in [0.05, 0.1) is 19.6 Å². The van der Waals surface area contributed by atoms with Crippen LogP contribution in [0.25, 0.3) is 0 Å². The van der Waals surface area contributed by atoms with Crippen molar-refractivity contribution >= 4 is 17.8 Å². The Bertz CT molecular complexity index is 751. The summed E-state index contributed by atoms with van der Waals surface area (Å²) in [6.07, 6.45) is 28.1. The van der Waals surface area contributed by atoms with E-state index in [0.717, 1.165) is 49.9 Å². The molecular weight excluding hydrogens is 514 g/mol. The van der Waals surface area contributed by atoms with Gasteiger partial charge in [0.25, 0.3) is 0 Å². The van der Waals surface area contributed by atoms with E-state index in [1.54, 1.807) is 0 Å². The molecule has 4 fully saturated rings. The molecule has 0 aromatic heterocycles. The van der Waals surface area contributed by atoms with Crippen LogP contribution in [0.2, 0.25) is 0 Å². The van der Waals surface area contributed by atoms with Crippen LogP contribution in [0.15, 0.2) is 0 Å². The number of hydrogen-bond donors (Lipinski definition) is 3. The lowest BCUT2D eigenvalue weighted by molar-refractivity contribution is -0.139. The van der Waals surface area contributed by atoms with Gasteiger partial charge in [0.15, 0.2) is 0 Å². The SMILES string of the molecule is CCCCCCCCCCCCCCCCCCNC(=O)CN(CC(=O)O)CC(=O)NC12CC3CC(CC(C3)C1)C2. The van der Waals surface area contributed by atoms with E-state index in [2.05, 4.69) is 17.6 Å². The highest BCUT2D eigenvalue weighted by atomic mass is 16.4. The summed E-state index contributed by atoms with van der Waals surface area (Å²) in [5.41, 5.74) is -0.101. The summed E-state index contributed by atoms with van der Waals surface area (Å²) in [5.74, 6) is 0.831. The number of amides is 2. The zero-order valence-electron chi connectivity index (χ0n) is 26.2. The first-order chi connectivity index (χ1) is 19.9. The van der Waals surface area contributed by atoms with Gasteiger partial charge < -0.3 is 15.7 Å². The lowest BCUT2D eigenvalue weighted by Crippen LogP contribution is -2.61. The second-order valence-corrected chi connectivity index (χ2v) is 13.9. The number of carbonyl (C=O) groups is 3. The predicted octanol–water partition coefficient (Wildman–Crippen LogP) is 6.84. The molecule has 0 radical (unpaired) electrons. The summed E-state index contributed by atoms with van der Waals surface area (Å²) in [5, 5.41) is 15.6. The average Bonchev–Trinajstić information content (AvgIpc) is 2.88. The second kappa shape index (κ2) is 18.8. The van der Waals surface area contributed by atoms with Crippen molar-refractivity contribution in [2.24, 2.45) is 17.8 Å². The fourth-order valence-electron chi connectivity index (χ4n) is 8.32. The third kappa shape index (κ3) is 13.5. The molecule has 4 aliphatic rings. The Labute approximate surface area is 250 Å². The lowest BCUT2D eigenvalue weighted by atomic mass is 9.53. The summed E-state index contributed by atoms with van der Waals surface area (Å²) in [6, 6.07) is 0. The lowest BCUT2D eigenvalue weighted by Gasteiger charge is -2.57. The smallest absolute Gasteiger partial charge is 0.317 e. The quantitative estimate of drug-likeness (QED) is 0.110. The average molecular weight is 576 g/mol. The van der Waals surface area contributed by atoms with E-state index in [0.29, 0.717) is 6.54 Å². The molecule has 0 unspecified atom stereocenters. The topological polar surface area (TPSA) is 98.7 Å². The summed E-state index contributed by atoms with van der Waals surface area (Å²) >= 11 is 0. The minimum absolute atomic E-state index is 0.0412. The second-order valence-electron chi connectivity index (χ2n) is 13.9. The minimum atomic E-state index is -1.02. The van der Waals surface area contributed by atoms with E-state index in [1.165, 1.54) is 114 Å². The molecule has 41 heavy (non-hydrogen) atoms. The molecule has 0 saturated heterocycles. The summed E-state index contributed by atoms with van der Waals surface area (Å²) in [4.78, 5) is 38.3. The molecule has 7 heteroatoms. The Morgan fingerprint density at radius 3 is 1.49 bits per heavy atom. The molecule has 0 aromatic carbocycles. The van der Waals surface area contributed by atoms with E-state index in [1.807, 2.05) is 0 Å². The van der Waals surface area contributed by atoms with E-state index in [-0.39, 0.29) is 37.0 Å². The van der Waals surface area contributed by atoms with Gasteiger partial charge in [0.1, 0.15) is 0 Å². The number of aliphatic carboxylic acids is 1. The first-order valence-corrected chi connectivity index (χ1v) is 17.4. The molecule has 3 N–H and O–H groups in total. The van der Waals surface area contributed by atoms with E-state index in [9.17, 15) is 19.5 Å². The van der Waals surface area contributed by atoms with Crippen LogP contribution in [0, 0.1) is 17.8 Å². The van der Waals surface area contributed by atoms with Crippen LogP contribution >= 0.6 is 0 Å². The van der Waals surface area contributed by atoms with Gasteiger partial charge in [-0.1, -0.05) is 103 Å². The number of unbranched alkanes of at least 4 members (excludes halogenated alkanes) is 15. The van der Waals surface area contributed by atoms with Crippen LogP contribution in [-0.2, 0) is 14.4 Å². The molecular formula is C34H61N3O4. The Hall–Kier alpha value is -1.63.